The van der Waals surface area contributed by atoms with E-state index in [0.717, 1.165) is 23.4 Å². The Morgan fingerprint density at radius 3 is 2.46 bits per heavy atom. The Morgan fingerprint density at radius 1 is 1.04 bits per heavy atom. The molecule has 1 aromatic heterocycles. The van der Waals surface area contributed by atoms with E-state index in [1.807, 2.05) is 36.5 Å². The number of para-hydroxylation sites is 1. The summed E-state index contributed by atoms with van der Waals surface area (Å²) in [4.78, 5) is 0.0453. The van der Waals surface area contributed by atoms with Gasteiger partial charge in [0.1, 0.15) is 5.82 Å². The van der Waals surface area contributed by atoms with Gasteiger partial charge < -0.3 is 0 Å². The van der Waals surface area contributed by atoms with Crippen molar-refractivity contribution in [3.8, 4) is 5.69 Å². The molecule has 0 aliphatic rings. The molecule has 2 aromatic carbocycles. The highest BCUT2D eigenvalue weighted by Gasteiger charge is 2.13. The number of nitrogens with one attached hydrogen (secondary N) is 1. The monoisotopic (exact) mass is 345 g/mol. The van der Waals surface area contributed by atoms with Crippen LogP contribution in [0.25, 0.3) is 5.69 Å². The first-order valence-corrected chi connectivity index (χ1v) is 8.87. The van der Waals surface area contributed by atoms with Gasteiger partial charge in [0.15, 0.2) is 0 Å². The number of halogens is 1. The van der Waals surface area contributed by atoms with E-state index in [4.69, 9.17) is 0 Å². The van der Waals surface area contributed by atoms with Gasteiger partial charge in [-0.2, -0.15) is 5.10 Å². The first-order valence-electron chi connectivity index (χ1n) is 7.39. The Balaban J connectivity index is 1.60. The smallest absolute Gasteiger partial charge is 0.240 e. The largest absolute Gasteiger partial charge is 0.241 e. The number of rotatable bonds is 6. The van der Waals surface area contributed by atoms with E-state index in [0.29, 0.717) is 6.42 Å². The van der Waals surface area contributed by atoms with Crippen molar-refractivity contribution in [3.63, 3.8) is 0 Å². The molecule has 24 heavy (non-hydrogen) atoms. The second-order valence-corrected chi connectivity index (χ2v) is 7.00. The molecule has 3 aromatic rings. The molecule has 0 aliphatic heterocycles. The molecular formula is C17H16FN3O2S. The number of hydrogen-bond donors (Lipinski definition) is 1. The Hall–Kier alpha value is -2.51. The van der Waals surface area contributed by atoms with Crippen LogP contribution >= 0.6 is 0 Å². The average Bonchev–Trinajstić information content (AvgIpc) is 3.05. The van der Waals surface area contributed by atoms with Gasteiger partial charge in [-0.05, 0) is 48.4 Å². The van der Waals surface area contributed by atoms with Crippen LogP contribution in [-0.2, 0) is 16.4 Å². The SMILES string of the molecule is O=S(=O)(NCCc1cnn(-c2ccccc2)c1)c1ccc(F)cc1. The summed E-state index contributed by atoms with van der Waals surface area (Å²) < 4.78 is 41.3. The summed E-state index contributed by atoms with van der Waals surface area (Å²) in [6.45, 7) is 0.236. The zero-order valence-corrected chi connectivity index (χ0v) is 13.6. The number of hydrogen-bond acceptors (Lipinski definition) is 3. The second-order valence-electron chi connectivity index (χ2n) is 5.23. The van der Waals surface area contributed by atoms with Gasteiger partial charge in [-0.15, -0.1) is 0 Å². The van der Waals surface area contributed by atoms with Crippen molar-refractivity contribution < 1.29 is 12.8 Å². The molecule has 0 saturated heterocycles. The van der Waals surface area contributed by atoms with Crippen molar-refractivity contribution in [2.24, 2.45) is 0 Å². The van der Waals surface area contributed by atoms with E-state index in [1.54, 1.807) is 10.9 Å². The van der Waals surface area contributed by atoms with E-state index in [9.17, 15) is 12.8 Å². The molecule has 3 rings (SSSR count). The first-order chi connectivity index (χ1) is 11.5. The Bertz CT molecular complexity index is 907. The Kier molecular flexibility index (Phi) is 4.73. The molecule has 5 nitrogen and oxygen atoms in total. The molecule has 0 fully saturated rings. The van der Waals surface area contributed by atoms with Crippen molar-refractivity contribution >= 4 is 10.0 Å². The predicted molar refractivity (Wildman–Crippen MR) is 88.9 cm³/mol. The standard InChI is InChI=1S/C17H16FN3O2S/c18-15-6-8-17(9-7-15)24(22,23)20-11-10-14-12-19-21(13-14)16-4-2-1-3-5-16/h1-9,12-13,20H,10-11H2. The van der Waals surface area contributed by atoms with Crippen LogP contribution in [0.15, 0.2) is 71.9 Å². The van der Waals surface area contributed by atoms with E-state index in [-0.39, 0.29) is 11.4 Å². The van der Waals surface area contributed by atoms with Gasteiger partial charge >= 0.3 is 0 Å². The maximum absolute atomic E-state index is 12.9. The Labute approximate surface area is 139 Å². The zero-order chi connectivity index (χ0) is 17.0. The molecule has 0 saturated carbocycles. The van der Waals surface area contributed by atoms with Crippen LogP contribution in [0.2, 0.25) is 0 Å². The summed E-state index contributed by atoms with van der Waals surface area (Å²) in [7, 11) is -3.64. The first kappa shape index (κ1) is 16.4. The topological polar surface area (TPSA) is 64.0 Å². The lowest BCUT2D eigenvalue weighted by molar-refractivity contribution is 0.580. The molecule has 0 radical (unpaired) electrons. The Morgan fingerprint density at radius 2 is 1.75 bits per heavy atom. The highest BCUT2D eigenvalue weighted by atomic mass is 32.2. The van der Waals surface area contributed by atoms with Crippen molar-refractivity contribution in [1.29, 1.82) is 0 Å². The number of nitrogens with zero attached hydrogens (tertiary/aromatic N) is 2. The van der Waals surface area contributed by atoms with Crippen LogP contribution in [0.3, 0.4) is 0 Å². The van der Waals surface area contributed by atoms with Gasteiger partial charge in [0, 0.05) is 12.7 Å². The van der Waals surface area contributed by atoms with E-state index < -0.39 is 15.8 Å². The van der Waals surface area contributed by atoms with Crippen molar-refractivity contribution in [2.45, 2.75) is 11.3 Å². The summed E-state index contributed by atoms with van der Waals surface area (Å²) in [5, 5.41) is 4.27. The molecule has 0 atom stereocenters. The maximum atomic E-state index is 12.9. The minimum atomic E-state index is -3.64. The van der Waals surface area contributed by atoms with Gasteiger partial charge in [-0.25, -0.2) is 22.2 Å². The lowest BCUT2D eigenvalue weighted by atomic mass is 10.2. The zero-order valence-electron chi connectivity index (χ0n) is 12.8. The quantitative estimate of drug-likeness (QED) is 0.747. The molecule has 0 amide bonds. The van der Waals surface area contributed by atoms with Gasteiger partial charge in [0.25, 0.3) is 0 Å². The third kappa shape index (κ3) is 3.87. The van der Waals surface area contributed by atoms with Crippen molar-refractivity contribution in [1.82, 2.24) is 14.5 Å². The van der Waals surface area contributed by atoms with Crippen LogP contribution in [0.1, 0.15) is 5.56 Å². The van der Waals surface area contributed by atoms with Crippen LogP contribution in [0, 0.1) is 5.82 Å². The molecule has 0 unspecified atom stereocenters. The van der Waals surface area contributed by atoms with Gasteiger partial charge in [-0.3, -0.25) is 0 Å². The fourth-order valence-electron chi connectivity index (χ4n) is 2.24. The molecule has 1 heterocycles. The summed E-state index contributed by atoms with van der Waals surface area (Å²) in [6, 6.07) is 14.4. The lowest BCUT2D eigenvalue weighted by Crippen LogP contribution is -2.25. The summed E-state index contributed by atoms with van der Waals surface area (Å²) in [5.74, 6) is -0.470. The van der Waals surface area contributed by atoms with Crippen LogP contribution in [0.4, 0.5) is 4.39 Å². The molecule has 124 valence electrons. The average molecular weight is 345 g/mol. The van der Waals surface area contributed by atoms with Gasteiger partial charge in [0.05, 0.1) is 16.8 Å². The van der Waals surface area contributed by atoms with E-state index in [2.05, 4.69) is 9.82 Å². The summed E-state index contributed by atoms with van der Waals surface area (Å²) >= 11 is 0. The number of aromatic nitrogens is 2. The van der Waals surface area contributed by atoms with Crippen LogP contribution in [-0.4, -0.2) is 24.7 Å². The molecule has 0 aliphatic carbocycles. The van der Waals surface area contributed by atoms with Crippen LogP contribution < -0.4 is 4.72 Å². The predicted octanol–water partition coefficient (Wildman–Crippen LogP) is 2.53. The fraction of sp³-hybridized carbons (Fsp3) is 0.118. The second kappa shape index (κ2) is 6.94. The van der Waals surface area contributed by atoms with Gasteiger partial charge in [-0.1, -0.05) is 18.2 Å². The lowest BCUT2D eigenvalue weighted by Gasteiger charge is -2.06. The third-order valence-electron chi connectivity index (χ3n) is 3.49. The maximum Gasteiger partial charge on any atom is 0.240 e. The van der Waals surface area contributed by atoms with E-state index in [1.165, 1.54) is 12.1 Å². The van der Waals surface area contributed by atoms with Crippen molar-refractivity contribution in [2.75, 3.05) is 6.54 Å². The highest BCUT2D eigenvalue weighted by molar-refractivity contribution is 7.89. The summed E-state index contributed by atoms with van der Waals surface area (Å²) in [6.07, 6.45) is 4.08. The minimum Gasteiger partial charge on any atom is -0.241 e. The number of benzene rings is 2. The normalized spacial score (nSPS) is 11.5. The molecular weight excluding hydrogens is 329 g/mol. The minimum absolute atomic E-state index is 0.0453. The fourth-order valence-corrected chi connectivity index (χ4v) is 3.27. The molecule has 0 bridgehead atoms. The highest BCUT2D eigenvalue weighted by Crippen LogP contribution is 2.10. The van der Waals surface area contributed by atoms with Gasteiger partial charge in [0.2, 0.25) is 10.0 Å². The number of sulfonamides is 1. The van der Waals surface area contributed by atoms with E-state index >= 15 is 0 Å². The molecule has 1 N–H and O–H groups in total. The van der Waals surface area contributed by atoms with Crippen molar-refractivity contribution in [3.05, 3.63) is 78.4 Å². The summed E-state index contributed by atoms with van der Waals surface area (Å²) in [5.41, 5.74) is 1.86. The van der Waals surface area contributed by atoms with Crippen LogP contribution in [0.5, 0.6) is 0 Å². The molecule has 7 heteroatoms. The third-order valence-corrected chi connectivity index (χ3v) is 4.96. The molecule has 0 spiro atoms.